The van der Waals surface area contributed by atoms with Gasteiger partial charge < -0.3 is 20.1 Å². The molecule has 0 saturated carbocycles. The molecule has 14 nitrogen and oxygen atoms in total. The Morgan fingerprint density at radius 3 is 1.18 bits per heavy atom. The van der Waals surface area contributed by atoms with Crippen molar-refractivity contribution in [2.45, 2.75) is 10.7 Å². The third-order valence-electron chi connectivity index (χ3n) is 6.70. The Kier molecular flexibility index (Phi) is 9.73. The van der Waals surface area contributed by atoms with Crippen molar-refractivity contribution in [3.05, 3.63) is 140 Å². The smallest absolute Gasteiger partial charge is 0.269 e. The second-order valence-electron chi connectivity index (χ2n) is 9.45. The molecule has 0 spiro atoms. The summed E-state index contributed by atoms with van der Waals surface area (Å²) >= 11 is 0. The van der Waals surface area contributed by atoms with Gasteiger partial charge in [0.15, 0.2) is 10.7 Å². The number of sulfone groups is 1. The van der Waals surface area contributed by atoms with Crippen LogP contribution in [0.4, 0.5) is 11.4 Å². The number of nitro benzene ring substituents is 2. The largest absolute Gasteiger partial charge is 0.497 e. The number of nitrogens with one attached hydrogen (secondary N) is 2. The van der Waals surface area contributed by atoms with Crippen molar-refractivity contribution in [2.24, 2.45) is 0 Å². The summed E-state index contributed by atoms with van der Waals surface area (Å²) < 4.78 is 39.3. The molecule has 0 aliphatic rings. The van der Waals surface area contributed by atoms with Crippen LogP contribution in [-0.4, -0.2) is 44.3 Å². The van der Waals surface area contributed by atoms with E-state index in [4.69, 9.17) is 9.47 Å². The van der Waals surface area contributed by atoms with Crippen LogP contribution in [0.5, 0.6) is 11.5 Å². The van der Waals surface area contributed by atoms with Gasteiger partial charge in [-0.25, -0.2) is 8.42 Å². The molecule has 15 heteroatoms. The zero-order valence-electron chi connectivity index (χ0n) is 23.8. The van der Waals surface area contributed by atoms with Crippen LogP contribution < -0.4 is 20.1 Å². The van der Waals surface area contributed by atoms with E-state index in [0.717, 1.165) is 24.3 Å². The number of methoxy groups -OCH3 is 2. The molecule has 0 radical (unpaired) electrons. The van der Waals surface area contributed by atoms with Crippen LogP contribution in [-0.2, 0) is 9.84 Å². The molecule has 0 aromatic heterocycles. The fourth-order valence-electron chi connectivity index (χ4n) is 4.28. The summed E-state index contributed by atoms with van der Waals surface area (Å²) in [6.45, 7) is 0. The highest BCUT2D eigenvalue weighted by Gasteiger charge is 2.39. The summed E-state index contributed by atoms with van der Waals surface area (Å²) in [6, 6.07) is 20.9. The van der Waals surface area contributed by atoms with Crippen LogP contribution in [0.15, 0.2) is 97.1 Å². The van der Waals surface area contributed by atoms with Crippen LogP contribution in [0, 0.1) is 20.2 Å². The van der Waals surface area contributed by atoms with E-state index >= 15 is 0 Å². The monoisotopic (exact) mass is 634 g/mol. The number of carbonyl (C=O) groups excluding carboxylic acids is 2. The average Bonchev–Trinajstić information content (AvgIpc) is 3.06. The Balaban J connectivity index is 1.78. The molecule has 0 fully saturated rings. The molecule has 232 valence electrons. The fraction of sp³-hybridized carbons (Fsp3) is 0.133. The van der Waals surface area contributed by atoms with E-state index in [0.29, 0.717) is 11.5 Å². The summed E-state index contributed by atoms with van der Waals surface area (Å²) in [6.07, 6.45) is 0. The van der Waals surface area contributed by atoms with E-state index in [1.54, 1.807) is 0 Å². The van der Waals surface area contributed by atoms with Crippen molar-refractivity contribution >= 4 is 33.0 Å². The highest BCUT2D eigenvalue weighted by Crippen LogP contribution is 2.33. The van der Waals surface area contributed by atoms with Gasteiger partial charge in [-0.1, -0.05) is 24.3 Å². The van der Waals surface area contributed by atoms with E-state index in [1.165, 1.54) is 87.0 Å². The van der Waals surface area contributed by atoms with Crippen molar-refractivity contribution in [3.8, 4) is 11.5 Å². The maximum absolute atomic E-state index is 14.5. The van der Waals surface area contributed by atoms with Gasteiger partial charge in [-0.15, -0.1) is 0 Å². The second kappa shape index (κ2) is 13.6. The number of hydrogen-bond acceptors (Lipinski definition) is 10. The molecule has 0 saturated heterocycles. The molecule has 0 heterocycles. The summed E-state index contributed by atoms with van der Waals surface area (Å²) in [5.41, 5.74) is -0.391. The molecule has 4 aromatic carbocycles. The van der Waals surface area contributed by atoms with Crippen molar-refractivity contribution in [1.29, 1.82) is 0 Å². The number of benzene rings is 4. The lowest BCUT2D eigenvalue weighted by atomic mass is 10.1. The Morgan fingerprint density at radius 2 is 0.911 bits per heavy atom. The molecule has 2 atom stereocenters. The quantitative estimate of drug-likeness (QED) is 0.165. The SMILES string of the molecule is COc1ccc(C(NC(=O)c2ccc([N+](=O)[O-])cc2)S(=O)(=O)C(NC(=O)c2ccc([N+](=O)[O-])cc2)c2ccc(OC)cc2)cc1. The number of nitro groups is 2. The number of carbonyl (C=O) groups is 2. The normalized spacial score (nSPS) is 12.3. The van der Waals surface area contributed by atoms with Gasteiger partial charge in [0, 0.05) is 35.4 Å². The van der Waals surface area contributed by atoms with E-state index in [9.17, 15) is 38.2 Å². The van der Waals surface area contributed by atoms with E-state index in [1.807, 2.05) is 0 Å². The Bertz CT molecular complexity index is 1680. The minimum Gasteiger partial charge on any atom is -0.497 e. The predicted molar refractivity (Wildman–Crippen MR) is 162 cm³/mol. The first kappa shape index (κ1) is 32.1. The predicted octanol–water partition coefficient (Wildman–Crippen LogP) is 4.49. The van der Waals surface area contributed by atoms with Crippen LogP contribution >= 0.6 is 0 Å². The second-order valence-corrected chi connectivity index (χ2v) is 11.6. The Labute approximate surface area is 256 Å². The molecule has 2 N–H and O–H groups in total. The molecule has 45 heavy (non-hydrogen) atoms. The number of nitrogens with zero attached hydrogens (tertiary/aromatic N) is 2. The number of amides is 2. The van der Waals surface area contributed by atoms with Gasteiger partial charge in [0.05, 0.1) is 24.1 Å². The fourth-order valence-corrected chi connectivity index (χ4v) is 6.17. The van der Waals surface area contributed by atoms with Gasteiger partial charge in [-0.3, -0.25) is 29.8 Å². The maximum Gasteiger partial charge on any atom is 0.269 e. The van der Waals surface area contributed by atoms with Crippen molar-refractivity contribution < 1.29 is 37.3 Å². The minimum absolute atomic E-state index is 0.0507. The van der Waals surface area contributed by atoms with E-state index in [2.05, 4.69) is 10.6 Å². The number of ether oxygens (including phenoxy) is 2. The van der Waals surface area contributed by atoms with Crippen molar-refractivity contribution in [3.63, 3.8) is 0 Å². The molecular weight excluding hydrogens is 608 g/mol. The molecule has 4 rings (SSSR count). The zero-order valence-corrected chi connectivity index (χ0v) is 24.6. The third kappa shape index (κ3) is 7.40. The van der Waals surface area contributed by atoms with Crippen LogP contribution in [0.25, 0.3) is 0 Å². The molecule has 0 aliphatic heterocycles. The zero-order chi connectivity index (χ0) is 32.7. The average molecular weight is 635 g/mol. The lowest BCUT2D eigenvalue weighted by Crippen LogP contribution is -2.42. The first-order valence-electron chi connectivity index (χ1n) is 13.1. The molecule has 4 aromatic rings. The van der Waals surface area contributed by atoms with Crippen LogP contribution in [0.1, 0.15) is 42.6 Å². The van der Waals surface area contributed by atoms with Gasteiger partial charge in [-0.2, -0.15) is 0 Å². The summed E-state index contributed by atoms with van der Waals surface area (Å²) in [7, 11) is -1.77. The third-order valence-corrected chi connectivity index (χ3v) is 8.79. The molecule has 2 unspecified atom stereocenters. The molecule has 2 amide bonds. The lowest BCUT2D eigenvalue weighted by molar-refractivity contribution is -0.385. The van der Waals surface area contributed by atoms with Crippen molar-refractivity contribution in [1.82, 2.24) is 10.6 Å². The standard InChI is InChI=1S/C30H26N4O10S/c1-43-25-15-7-21(8-16-25)29(31-27(35)19-3-11-23(12-4-19)33(37)38)45(41,42)30(22-9-17-26(44-2)18-10-22)32-28(36)20-5-13-24(14-6-20)34(39)40/h3-18,29-30H,1-2H3,(H,31,35)(H,32,36). The number of non-ortho nitro benzene ring substituents is 2. The van der Waals surface area contributed by atoms with Gasteiger partial charge in [0.2, 0.25) is 9.84 Å². The van der Waals surface area contributed by atoms with Crippen molar-refractivity contribution in [2.75, 3.05) is 14.2 Å². The molecule has 0 bridgehead atoms. The van der Waals surface area contributed by atoms with Gasteiger partial charge in [0.25, 0.3) is 23.2 Å². The first-order chi connectivity index (χ1) is 21.4. The summed E-state index contributed by atoms with van der Waals surface area (Å²) in [5.74, 6) is -0.890. The minimum atomic E-state index is -4.62. The number of hydrogen-bond donors (Lipinski definition) is 2. The van der Waals surface area contributed by atoms with Gasteiger partial charge in [0.1, 0.15) is 11.5 Å². The van der Waals surface area contributed by atoms with E-state index in [-0.39, 0.29) is 33.6 Å². The summed E-state index contributed by atoms with van der Waals surface area (Å²) in [4.78, 5) is 47.5. The van der Waals surface area contributed by atoms with Crippen LogP contribution in [0.3, 0.4) is 0 Å². The van der Waals surface area contributed by atoms with E-state index < -0.39 is 42.2 Å². The molecule has 0 aliphatic carbocycles. The van der Waals surface area contributed by atoms with Gasteiger partial charge in [-0.05, 0) is 59.7 Å². The summed E-state index contributed by atoms with van der Waals surface area (Å²) in [5, 5.41) is 23.6. The maximum atomic E-state index is 14.5. The Morgan fingerprint density at radius 1 is 0.600 bits per heavy atom. The number of rotatable bonds is 12. The van der Waals surface area contributed by atoms with Crippen LogP contribution in [0.2, 0.25) is 0 Å². The highest BCUT2D eigenvalue weighted by atomic mass is 32.2. The Hall–Kier alpha value is -5.83. The van der Waals surface area contributed by atoms with Gasteiger partial charge >= 0.3 is 0 Å². The lowest BCUT2D eigenvalue weighted by Gasteiger charge is -2.27. The first-order valence-corrected chi connectivity index (χ1v) is 14.7. The molecular formula is C30H26N4O10S. The highest BCUT2D eigenvalue weighted by molar-refractivity contribution is 7.91. The topological polar surface area (TPSA) is 197 Å².